The minimum absolute atomic E-state index is 0.735. The normalized spacial score (nSPS) is 14.6. The van der Waals surface area contributed by atoms with Crippen LogP contribution in [0.15, 0.2) is 25.7 Å². The van der Waals surface area contributed by atoms with Crippen LogP contribution in [0.4, 0.5) is 0 Å². The summed E-state index contributed by atoms with van der Waals surface area (Å²) in [5.41, 5.74) is 0. The SMILES string of the molecule is C=COC(=O)C(O[Si](C)(C)C)C(O[Si](C)(C)C)C(=O)OC=C. The van der Waals surface area contributed by atoms with Crippen LogP contribution in [0.3, 0.4) is 0 Å². The first-order chi connectivity index (χ1) is 9.91. The summed E-state index contributed by atoms with van der Waals surface area (Å²) >= 11 is 0. The summed E-state index contributed by atoms with van der Waals surface area (Å²) in [4.78, 5) is 24.3. The highest BCUT2D eigenvalue weighted by atomic mass is 28.4. The number of hydrogen-bond donors (Lipinski definition) is 0. The lowest BCUT2D eigenvalue weighted by Crippen LogP contribution is -2.52. The minimum atomic E-state index is -2.15. The largest absolute Gasteiger partial charge is 0.433 e. The van der Waals surface area contributed by atoms with Crippen LogP contribution in [0, 0.1) is 0 Å². The van der Waals surface area contributed by atoms with Crippen LogP contribution < -0.4 is 0 Å². The number of ether oxygens (including phenoxy) is 2. The van der Waals surface area contributed by atoms with Gasteiger partial charge in [-0.3, -0.25) is 0 Å². The first kappa shape index (κ1) is 20.8. The zero-order valence-corrected chi connectivity index (χ0v) is 16.2. The maximum absolute atomic E-state index is 12.2. The van der Waals surface area contributed by atoms with E-state index in [4.69, 9.17) is 18.3 Å². The van der Waals surface area contributed by atoms with Gasteiger partial charge in [0.1, 0.15) is 0 Å². The van der Waals surface area contributed by atoms with E-state index < -0.39 is 40.8 Å². The first-order valence-corrected chi connectivity index (χ1v) is 13.7. The first-order valence-electron chi connectivity index (χ1n) is 6.89. The molecule has 0 radical (unpaired) electrons. The van der Waals surface area contributed by atoms with Gasteiger partial charge in [0.15, 0.2) is 28.8 Å². The highest BCUT2D eigenvalue weighted by Gasteiger charge is 2.42. The van der Waals surface area contributed by atoms with Crippen LogP contribution in [0.5, 0.6) is 0 Å². The van der Waals surface area contributed by atoms with E-state index in [-0.39, 0.29) is 0 Å². The number of rotatable bonds is 9. The average Bonchev–Trinajstić information content (AvgIpc) is 2.31. The topological polar surface area (TPSA) is 71.1 Å². The Morgan fingerprint density at radius 2 is 1.05 bits per heavy atom. The van der Waals surface area contributed by atoms with Crippen molar-refractivity contribution in [2.24, 2.45) is 0 Å². The van der Waals surface area contributed by atoms with E-state index in [9.17, 15) is 9.59 Å². The molecule has 6 nitrogen and oxygen atoms in total. The lowest BCUT2D eigenvalue weighted by Gasteiger charge is -2.32. The van der Waals surface area contributed by atoms with Crippen molar-refractivity contribution in [3.8, 4) is 0 Å². The molecule has 126 valence electrons. The quantitative estimate of drug-likeness (QED) is 0.363. The van der Waals surface area contributed by atoms with E-state index in [2.05, 4.69) is 13.2 Å². The predicted octanol–water partition coefficient (Wildman–Crippen LogP) is 2.80. The summed E-state index contributed by atoms with van der Waals surface area (Å²) in [7, 11) is -4.30. The predicted molar refractivity (Wildman–Crippen MR) is 89.0 cm³/mol. The summed E-state index contributed by atoms with van der Waals surface area (Å²) in [6.45, 7) is 18.1. The lowest BCUT2D eigenvalue weighted by atomic mass is 10.2. The Morgan fingerprint density at radius 3 is 1.23 bits per heavy atom. The van der Waals surface area contributed by atoms with Crippen molar-refractivity contribution in [1.82, 2.24) is 0 Å². The standard InChI is InChI=1S/C14H26O6Si2/c1-9-17-13(15)11(19-21(3,4)5)12(14(16)18-10-2)20-22(6,7)8/h9-12H,1-2H2,3-8H3. The average molecular weight is 347 g/mol. The van der Waals surface area contributed by atoms with Crippen molar-refractivity contribution in [3.63, 3.8) is 0 Å². The van der Waals surface area contributed by atoms with Crippen molar-refractivity contribution >= 4 is 28.6 Å². The molecule has 0 saturated carbocycles. The second-order valence-corrected chi connectivity index (χ2v) is 15.4. The van der Waals surface area contributed by atoms with Gasteiger partial charge in [-0.1, -0.05) is 13.2 Å². The molecule has 0 aromatic heterocycles. The highest BCUT2D eigenvalue weighted by Crippen LogP contribution is 2.19. The van der Waals surface area contributed by atoms with Gasteiger partial charge in [-0.2, -0.15) is 0 Å². The molecular weight excluding hydrogens is 320 g/mol. The summed E-state index contributed by atoms with van der Waals surface area (Å²) in [6.07, 6.45) is -0.423. The molecule has 0 saturated heterocycles. The van der Waals surface area contributed by atoms with Crippen LogP contribution in [-0.4, -0.2) is 40.8 Å². The van der Waals surface area contributed by atoms with Gasteiger partial charge < -0.3 is 18.3 Å². The van der Waals surface area contributed by atoms with Crippen molar-refractivity contribution in [2.45, 2.75) is 51.5 Å². The number of esters is 2. The van der Waals surface area contributed by atoms with Crippen molar-refractivity contribution in [3.05, 3.63) is 25.7 Å². The maximum atomic E-state index is 12.2. The fourth-order valence-corrected chi connectivity index (χ4v) is 3.49. The molecule has 0 amide bonds. The third-order valence-electron chi connectivity index (χ3n) is 2.10. The molecular formula is C14H26O6Si2. The molecule has 0 heterocycles. The molecule has 0 aromatic rings. The molecule has 0 aliphatic carbocycles. The molecule has 0 aliphatic rings. The highest BCUT2D eigenvalue weighted by molar-refractivity contribution is 6.70. The second-order valence-electron chi connectivity index (χ2n) is 6.51. The maximum Gasteiger partial charge on any atom is 0.342 e. The van der Waals surface area contributed by atoms with Gasteiger partial charge >= 0.3 is 11.9 Å². The van der Waals surface area contributed by atoms with E-state index >= 15 is 0 Å². The minimum Gasteiger partial charge on any atom is -0.433 e. The molecule has 22 heavy (non-hydrogen) atoms. The molecule has 0 fully saturated rings. The van der Waals surface area contributed by atoms with Gasteiger partial charge in [-0.15, -0.1) is 0 Å². The summed E-state index contributed by atoms with van der Waals surface area (Å²) in [5, 5.41) is 0. The van der Waals surface area contributed by atoms with Gasteiger partial charge in [0.2, 0.25) is 0 Å². The lowest BCUT2D eigenvalue weighted by molar-refractivity contribution is -0.163. The molecule has 2 atom stereocenters. The van der Waals surface area contributed by atoms with Gasteiger partial charge in [-0.25, -0.2) is 9.59 Å². The van der Waals surface area contributed by atoms with Crippen LogP contribution in [0.1, 0.15) is 0 Å². The zero-order valence-electron chi connectivity index (χ0n) is 14.2. The van der Waals surface area contributed by atoms with E-state index in [1.54, 1.807) is 0 Å². The summed E-state index contributed by atoms with van der Waals surface area (Å²) < 4.78 is 21.2. The van der Waals surface area contributed by atoms with Gasteiger partial charge in [-0.05, 0) is 39.3 Å². The molecule has 0 bridgehead atoms. The molecule has 8 heteroatoms. The molecule has 0 aliphatic heterocycles. The molecule has 2 unspecified atom stereocenters. The second kappa shape index (κ2) is 8.42. The van der Waals surface area contributed by atoms with Gasteiger partial charge in [0.05, 0.1) is 12.5 Å². The number of carbonyl (C=O) groups is 2. The summed E-state index contributed by atoms with van der Waals surface area (Å²) in [6, 6.07) is 0. The Morgan fingerprint density at radius 1 is 0.773 bits per heavy atom. The monoisotopic (exact) mass is 346 g/mol. The van der Waals surface area contributed by atoms with Crippen LogP contribution >= 0.6 is 0 Å². The third-order valence-corrected chi connectivity index (χ3v) is 4.02. The van der Waals surface area contributed by atoms with E-state index in [0.717, 1.165) is 12.5 Å². The Kier molecular flexibility index (Phi) is 7.95. The zero-order chi connectivity index (χ0) is 17.6. The van der Waals surface area contributed by atoms with Gasteiger partial charge in [0, 0.05) is 0 Å². The fourth-order valence-electron chi connectivity index (χ4n) is 1.53. The number of hydrogen-bond acceptors (Lipinski definition) is 6. The Balaban J connectivity index is 5.58. The van der Waals surface area contributed by atoms with Crippen LogP contribution in [0.2, 0.25) is 39.3 Å². The fraction of sp³-hybridized carbons (Fsp3) is 0.571. The Labute approximate surface area is 134 Å². The third kappa shape index (κ3) is 8.27. The summed E-state index contributed by atoms with van der Waals surface area (Å²) in [5.74, 6) is -1.47. The van der Waals surface area contributed by atoms with Crippen LogP contribution in [0.25, 0.3) is 0 Å². The van der Waals surface area contributed by atoms with E-state index in [1.165, 1.54) is 0 Å². The van der Waals surface area contributed by atoms with Crippen molar-refractivity contribution in [2.75, 3.05) is 0 Å². The van der Waals surface area contributed by atoms with Crippen LogP contribution in [-0.2, 0) is 27.9 Å². The molecule has 0 rings (SSSR count). The van der Waals surface area contributed by atoms with E-state index in [0.29, 0.717) is 0 Å². The number of carbonyl (C=O) groups excluding carboxylic acids is 2. The molecule has 0 N–H and O–H groups in total. The van der Waals surface area contributed by atoms with Crippen molar-refractivity contribution in [1.29, 1.82) is 0 Å². The smallest absolute Gasteiger partial charge is 0.342 e. The Hall–Kier alpha value is -1.23. The molecule has 0 aromatic carbocycles. The van der Waals surface area contributed by atoms with E-state index in [1.807, 2.05) is 39.3 Å². The van der Waals surface area contributed by atoms with Crippen molar-refractivity contribution < 1.29 is 27.9 Å². The van der Waals surface area contributed by atoms with Gasteiger partial charge in [0.25, 0.3) is 0 Å². The Bertz CT molecular complexity index is 382. The molecule has 0 spiro atoms.